The lowest BCUT2D eigenvalue weighted by atomic mass is 10.1. The summed E-state index contributed by atoms with van der Waals surface area (Å²) in [7, 11) is 0. The quantitative estimate of drug-likeness (QED) is 0.736. The highest BCUT2D eigenvalue weighted by Crippen LogP contribution is 2.09. The van der Waals surface area contributed by atoms with E-state index < -0.39 is 5.82 Å². The molecule has 0 spiro atoms. The van der Waals surface area contributed by atoms with E-state index in [1.807, 2.05) is 11.8 Å². The van der Waals surface area contributed by atoms with Crippen LogP contribution in [0, 0.1) is 5.82 Å². The smallest absolute Gasteiger partial charge is 0.167 e. The number of carbonyl (C=O) groups is 1. The third-order valence-electron chi connectivity index (χ3n) is 2.69. The Morgan fingerprint density at radius 3 is 2.65 bits per heavy atom. The van der Waals surface area contributed by atoms with Crippen molar-refractivity contribution >= 4 is 5.78 Å². The summed E-state index contributed by atoms with van der Waals surface area (Å²) >= 11 is 0. The fourth-order valence-corrected chi connectivity index (χ4v) is 1.65. The lowest BCUT2D eigenvalue weighted by Gasteiger charge is -2.18. The summed E-state index contributed by atoms with van der Waals surface area (Å²) in [5, 5.41) is 8.81. The van der Waals surface area contributed by atoms with Crippen LogP contribution in [0.4, 0.5) is 4.39 Å². The number of halogens is 1. The predicted octanol–water partition coefficient (Wildman–Crippen LogP) is 1.71. The number of nitrogens with zero attached hydrogens (tertiary/aromatic N) is 1. The van der Waals surface area contributed by atoms with Gasteiger partial charge in [-0.1, -0.05) is 19.1 Å². The molecule has 1 rings (SSSR count). The lowest BCUT2D eigenvalue weighted by Crippen LogP contribution is -2.29. The standard InChI is InChI=1S/C13H18FNO2/c1-2-15(9-10-16)8-7-13(17)11-5-3-4-6-12(11)14/h3-6,16H,2,7-10H2,1H3. The lowest BCUT2D eigenvalue weighted by molar-refractivity contribution is 0.0955. The number of aliphatic hydroxyl groups is 1. The van der Waals surface area contributed by atoms with Gasteiger partial charge in [0.25, 0.3) is 0 Å². The van der Waals surface area contributed by atoms with E-state index in [1.165, 1.54) is 12.1 Å². The molecule has 3 nitrogen and oxygen atoms in total. The minimum Gasteiger partial charge on any atom is -0.395 e. The zero-order valence-electron chi connectivity index (χ0n) is 10.0. The molecule has 0 radical (unpaired) electrons. The van der Waals surface area contributed by atoms with E-state index in [1.54, 1.807) is 12.1 Å². The van der Waals surface area contributed by atoms with Crippen LogP contribution >= 0.6 is 0 Å². The van der Waals surface area contributed by atoms with Gasteiger partial charge in [-0.15, -0.1) is 0 Å². The molecule has 94 valence electrons. The number of benzene rings is 1. The molecule has 0 aliphatic rings. The highest BCUT2D eigenvalue weighted by molar-refractivity contribution is 5.96. The highest BCUT2D eigenvalue weighted by Gasteiger charge is 2.12. The normalized spacial score (nSPS) is 10.8. The van der Waals surface area contributed by atoms with Gasteiger partial charge in [-0.3, -0.25) is 4.79 Å². The summed E-state index contributed by atoms with van der Waals surface area (Å²) in [6.45, 7) is 3.89. The second kappa shape index (κ2) is 7.14. The monoisotopic (exact) mass is 239 g/mol. The van der Waals surface area contributed by atoms with E-state index in [9.17, 15) is 9.18 Å². The number of Topliss-reactive ketones (excluding diaryl/α,β-unsaturated/α-hetero) is 1. The predicted molar refractivity (Wildman–Crippen MR) is 64.5 cm³/mol. The van der Waals surface area contributed by atoms with Crippen LogP contribution in [0.3, 0.4) is 0 Å². The first-order chi connectivity index (χ1) is 8.19. The Morgan fingerprint density at radius 1 is 1.35 bits per heavy atom. The molecule has 0 amide bonds. The maximum absolute atomic E-state index is 13.3. The first kappa shape index (κ1) is 13.8. The van der Waals surface area contributed by atoms with Crippen LogP contribution in [-0.2, 0) is 0 Å². The molecule has 0 aromatic heterocycles. The Labute approximate surface area is 101 Å². The first-order valence-corrected chi connectivity index (χ1v) is 5.80. The average molecular weight is 239 g/mol. The molecule has 0 fully saturated rings. The Kier molecular flexibility index (Phi) is 5.80. The zero-order valence-corrected chi connectivity index (χ0v) is 10.0. The van der Waals surface area contributed by atoms with Crippen LogP contribution < -0.4 is 0 Å². The summed E-state index contributed by atoms with van der Waals surface area (Å²) in [4.78, 5) is 13.7. The second-order valence-electron chi connectivity index (χ2n) is 3.81. The van der Waals surface area contributed by atoms with Crippen molar-refractivity contribution in [1.82, 2.24) is 4.90 Å². The van der Waals surface area contributed by atoms with Gasteiger partial charge in [0.2, 0.25) is 0 Å². The zero-order chi connectivity index (χ0) is 12.7. The molecular weight excluding hydrogens is 221 g/mol. The van der Waals surface area contributed by atoms with Gasteiger partial charge in [-0.25, -0.2) is 4.39 Å². The maximum atomic E-state index is 13.3. The molecule has 0 aliphatic heterocycles. The molecule has 0 bridgehead atoms. The van der Waals surface area contributed by atoms with Gasteiger partial charge in [0.15, 0.2) is 5.78 Å². The number of ketones is 1. The molecule has 1 aromatic carbocycles. The van der Waals surface area contributed by atoms with Crippen molar-refractivity contribution in [2.45, 2.75) is 13.3 Å². The Hall–Kier alpha value is -1.26. The van der Waals surface area contributed by atoms with Gasteiger partial charge >= 0.3 is 0 Å². The topological polar surface area (TPSA) is 40.5 Å². The van der Waals surface area contributed by atoms with Crippen LogP contribution in [0.15, 0.2) is 24.3 Å². The van der Waals surface area contributed by atoms with Gasteiger partial charge in [0.1, 0.15) is 5.82 Å². The fourth-order valence-electron chi connectivity index (χ4n) is 1.65. The molecule has 0 heterocycles. The number of carbonyl (C=O) groups excluding carboxylic acids is 1. The van der Waals surface area contributed by atoms with Gasteiger partial charge in [-0.2, -0.15) is 0 Å². The van der Waals surface area contributed by atoms with Crippen molar-refractivity contribution in [1.29, 1.82) is 0 Å². The molecule has 1 aromatic rings. The highest BCUT2D eigenvalue weighted by atomic mass is 19.1. The summed E-state index contributed by atoms with van der Waals surface area (Å²) in [5.74, 6) is -0.665. The molecule has 0 saturated carbocycles. The Balaban J connectivity index is 2.52. The first-order valence-electron chi connectivity index (χ1n) is 5.80. The second-order valence-corrected chi connectivity index (χ2v) is 3.81. The van der Waals surface area contributed by atoms with E-state index in [0.29, 0.717) is 13.1 Å². The summed E-state index contributed by atoms with van der Waals surface area (Å²) in [6, 6.07) is 6.01. The SMILES string of the molecule is CCN(CCO)CCC(=O)c1ccccc1F. The molecule has 4 heteroatoms. The third-order valence-corrected chi connectivity index (χ3v) is 2.69. The number of aliphatic hydroxyl groups excluding tert-OH is 1. The molecule has 0 aliphatic carbocycles. The van der Waals surface area contributed by atoms with Gasteiger partial charge in [-0.05, 0) is 18.7 Å². The average Bonchev–Trinajstić information content (AvgIpc) is 2.34. The van der Waals surface area contributed by atoms with E-state index in [-0.39, 0.29) is 24.4 Å². The summed E-state index contributed by atoms with van der Waals surface area (Å²) < 4.78 is 13.3. The van der Waals surface area contributed by atoms with Crippen molar-refractivity contribution < 1.29 is 14.3 Å². The number of hydrogen-bond donors (Lipinski definition) is 1. The van der Waals surface area contributed by atoms with Crippen LogP contribution in [-0.4, -0.2) is 42.0 Å². The molecule has 17 heavy (non-hydrogen) atoms. The third kappa shape index (κ3) is 4.24. The molecule has 1 N–H and O–H groups in total. The van der Waals surface area contributed by atoms with E-state index >= 15 is 0 Å². The van der Waals surface area contributed by atoms with Crippen molar-refractivity contribution in [3.63, 3.8) is 0 Å². The van der Waals surface area contributed by atoms with E-state index in [4.69, 9.17) is 5.11 Å². The molecule has 0 saturated heterocycles. The van der Waals surface area contributed by atoms with Gasteiger partial charge in [0, 0.05) is 19.5 Å². The summed E-state index contributed by atoms with van der Waals surface area (Å²) in [6.07, 6.45) is 0.273. The Bertz CT molecular complexity index is 368. The van der Waals surface area contributed by atoms with Crippen LogP contribution in [0.1, 0.15) is 23.7 Å². The number of likely N-dealkylation sites (N-methyl/N-ethyl adjacent to an activating group) is 1. The van der Waals surface area contributed by atoms with Crippen molar-refractivity contribution in [3.05, 3.63) is 35.6 Å². The Morgan fingerprint density at radius 2 is 2.06 bits per heavy atom. The fraction of sp³-hybridized carbons (Fsp3) is 0.462. The van der Waals surface area contributed by atoms with Crippen molar-refractivity contribution in [2.24, 2.45) is 0 Å². The molecule has 0 atom stereocenters. The largest absolute Gasteiger partial charge is 0.395 e. The van der Waals surface area contributed by atoms with Crippen LogP contribution in [0.5, 0.6) is 0 Å². The number of hydrogen-bond acceptors (Lipinski definition) is 3. The van der Waals surface area contributed by atoms with Crippen molar-refractivity contribution in [2.75, 3.05) is 26.2 Å². The van der Waals surface area contributed by atoms with E-state index in [0.717, 1.165) is 6.54 Å². The maximum Gasteiger partial charge on any atom is 0.167 e. The van der Waals surface area contributed by atoms with Gasteiger partial charge in [0.05, 0.1) is 12.2 Å². The van der Waals surface area contributed by atoms with Gasteiger partial charge < -0.3 is 10.0 Å². The minimum atomic E-state index is -0.470. The van der Waals surface area contributed by atoms with Crippen LogP contribution in [0.25, 0.3) is 0 Å². The minimum absolute atomic E-state index is 0.0712. The van der Waals surface area contributed by atoms with E-state index in [2.05, 4.69) is 0 Å². The molecular formula is C13H18FNO2. The van der Waals surface area contributed by atoms with Crippen LogP contribution in [0.2, 0.25) is 0 Å². The molecule has 0 unspecified atom stereocenters. The number of rotatable bonds is 7. The van der Waals surface area contributed by atoms with Crippen molar-refractivity contribution in [3.8, 4) is 0 Å². The summed E-state index contributed by atoms with van der Waals surface area (Å²) in [5.41, 5.74) is 0.146.